The summed E-state index contributed by atoms with van der Waals surface area (Å²) >= 11 is 0. The van der Waals surface area contributed by atoms with Crippen LogP contribution >= 0.6 is 67.5 Å². The highest BCUT2D eigenvalue weighted by atomic mass is 32.1. The van der Waals surface area contributed by atoms with Gasteiger partial charge in [0.05, 0.1) is 61.9 Å². The molecule has 11 heterocycles. The maximum Gasteiger partial charge on any atom is 0.318 e. The summed E-state index contributed by atoms with van der Waals surface area (Å²) in [6.45, 7) is 37.3. The summed E-state index contributed by atoms with van der Waals surface area (Å²) in [6.07, 6.45) is 12.2. The monoisotopic (exact) mass is 1950 g/mol. The second-order valence-electron chi connectivity index (χ2n) is 36.0. The molecule has 726 valence electrons. The number of rotatable bonds is 22. The minimum atomic E-state index is -1.27. The summed E-state index contributed by atoms with van der Waals surface area (Å²) in [5, 5.41) is 16.8. The lowest BCUT2D eigenvalue weighted by Crippen LogP contribution is -2.57. The van der Waals surface area contributed by atoms with E-state index in [1.165, 1.54) is 89.6 Å². The van der Waals surface area contributed by atoms with E-state index in [2.05, 4.69) is 199 Å². The molecule has 0 spiro atoms. The van der Waals surface area contributed by atoms with Crippen LogP contribution in [0.5, 0.6) is 18.0 Å². The number of fused-ring (bicyclic) bond motifs is 6. The molecule has 26 nitrogen and oxygen atoms in total. The molecule has 6 aromatic carbocycles. The smallest absolute Gasteiger partial charge is 0.318 e. The Hall–Kier alpha value is -11.0. The summed E-state index contributed by atoms with van der Waals surface area (Å²) in [5.74, 6) is -0.934. The molecular formula is C101H128F4N20O6S5. The van der Waals surface area contributed by atoms with Crippen LogP contribution in [0.2, 0.25) is 0 Å². The van der Waals surface area contributed by atoms with Gasteiger partial charge in [0.1, 0.15) is 55.1 Å². The number of piperazine rings is 3. The third-order valence-corrected chi connectivity index (χ3v) is 27.2. The average molecular weight is 1950 g/mol. The Morgan fingerprint density at radius 3 is 1.38 bits per heavy atom. The minimum Gasteiger partial charge on any atom is -0.463 e. The van der Waals surface area contributed by atoms with Crippen molar-refractivity contribution in [2.45, 2.75) is 154 Å². The largest absolute Gasteiger partial charge is 0.463 e. The zero-order valence-electron chi connectivity index (χ0n) is 77.4. The Morgan fingerprint density at radius 2 is 0.926 bits per heavy atom. The second kappa shape index (κ2) is 48.4. The van der Waals surface area contributed by atoms with Crippen molar-refractivity contribution in [3.05, 3.63) is 220 Å². The van der Waals surface area contributed by atoms with Crippen LogP contribution in [-0.4, -0.2) is 253 Å². The summed E-state index contributed by atoms with van der Waals surface area (Å²) in [4.78, 5) is 96.8. The van der Waals surface area contributed by atoms with Crippen LogP contribution in [0, 0.1) is 44.2 Å². The number of likely N-dealkylation sites (tertiary alicyclic amines) is 2. The zero-order valence-corrected chi connectivity index (χ0v) is 82.4. The topological polar surface area (TPSA) is 224 Å². The Balaban J connectivity index is 0.000000207. The van der Waals surface area contributed by atoms with E-state index in [1.54, 1.807) is 11.8 Å². The highest BCUT2D eigenvalue weighted by molar-refractivity contribution is 7.60. The number of carbonyl (C=O) groups excluding carboxylic acids is 3. The molecule has 0 radical (unpaired) electrons. The fraction of sp³-hybridized carbons (Fsp3) is 0.465. The number of nitrogens with zero attached hydrogens (tertiary/aromatic N) is 20. The first kappa shape index (κ1) is 107. The normalized spacial score (nSPS) is 20.3. The summed E-state index contributed by atoms with van der Waals surface area (Å²) < 4.78 is 73.8. The first-order valence-corrected chi connectivity index (χ1v) is 45.5. The van der Waals surface area contributed by atoms with Gasteiger partial charge in [0, 0.05) is 160 Å². The number of anilines is 6. The molecule has 9 aromatic rings. The second-order valence-corrected chi connectivity index (χ2v) is 36.0. The number of halogens is 4. The van der Waals surface area contributed by atoms with Gasteiger partial charge in [-0.15, -0.1) is 0 Å². The van der Waals surface area contributed by atoms with Gasteiger partial charge in [-0.1, -0.05) is 130 Å². The van der Waals surface area contributed by atoms with Gasteiger partial charge in [0.15, 0.2) is 11.7 Å². The van der Waals surface area contributed by atoms with Crippen LogP contribution in [0.1, 0.15) is 111 Å². The van der Waals surface area contributed by atoms with Crippen molar-refractivity contribution in [2.75, 3.05) is 175 Å². The third kappa shape index (κ3) is 24.2. The van der Waals surface area contributed by atoms with Crippen LogP contribution in [0.3, 0.4) is 0 Å². The van der Waals surface area contributed by atoms with Crippen molar-refractivity contribution in [2.24, 2.45) is 5.92 Å². The molecule has 0 bridgehead atoms. The van der Waals surface area contributed by atoms with E-state index < -0.39 is 47.9 Å². The molecule has 35 heteroatoms. The lowest BCUT2D eigenvalue weighted by atomic mass is 9.99. The highest BCUT2D eigenvalue weighted by Crippen LogP contribution is 2.42. The van der Waals surface area contributed by atoms with E-state index in [0.717, 1.165) is 122 Å². The molecule has 6 fully saturated rings. The molecular weight excluding hydrogens is 1830 g/mol. The van der Waals surface area contributed by atoms with E-state index in [-0.39, 0.29) is 138 Å². The molecule has 8 aliphatic heterocycles. The quantitative estimate of drug-likeness (QED) is 0.0349. The van der Waals surface area contributed by atoms with Gasteiger partial charge in [0.25, 0.3) is 11.8 Å². The van der Waals surface area contributed by atoms with Crippen LogP contribution in [-0.2, 0) is 53.3 Å². The Morgan fingerprint density at radius 1 is 0.507 bits per heavy atom. The van der Waals surface area contributed by atoms with Crippen molar-refractivity contribution in [1.29, 1.82) is 5.26 Å². The van der Waals surface area contributed by atoms with Crippen molar-refractivity contribution < 1.29 is 46.2 Å². The van der Waals surface area contributed by atoms with Gasteiger partial charge in [-0.25, -0.2) is 30.7 Å². The maximum atomic E-state index is 14.8. The molecule has 1 unspecified atom stereocenters. The van der Waals surface area contributed by atoms with E-state index in [9.17, 15) is 37.2 Å². The van der Waals surface area contributed by atoms with Gasteiger partial charge in [0.2, 0.25) is 19.0 Å². The molecule has 1 aliphatic carbocycles. The number of amides is 3. The number of hydrogen-bond acceptors (Lipinski definition) is 21. The fourth-order valence-corrected chi connectivity index (χ4v) is 20.6. The molecule has 5 saturated heterocycles. The average Bonchev–Trinajstić information content (AvgIpc) is 0.810. The molecule has 3 amide bonds. The van der Waals surface area contributed by atoms with Crippen LogP contribution in [0.4, 0.5) is 52.1 Å². The maximum absolute atomic E-state index is 14.8. The van der Waals surface area contributed by atoms with E-state index in [4.69, 9.17) is 57.3 Å². The lowest BCUT2D eigenvalue weighted by molar-refractivity contribution is -0.131. The van der Waals surface area contributed by atoms with Crippen LogP contribution in [0.15, 0.2) is 152 Å². The van der Waals surface area contributed by atoms with Gasteiger partial charge in [-0.05, 0) is 144 Å². The van der Waals surface area contributed by atoms with Crippen molar-refractivity contribution in [3.8, 4) is 24.1 Å². The number of allylic oxidation sites excluding steroid dienone is 1. The molecule has 18 rings (SSSR count). The summed E-state index contributed by atoms with van der Waals surface area (Å²) in [6, 6.07) is 42.4. The van der Waals surface area contributed by atoms with Gasteiger partial charge < -0.3 is 72.9 Å². The molecule has 1 saturated carbocycles. The SMILES string of the molecule is C.C=C(F)C(=O)N1CCN(c2nc(OCC3CCCC3)nc3c2CCN(c2cccc4cccc(C)c24)C3)C[C@@H]1CC#N.S.S.S.S.S.[C-]#[N+]C[C@H]1CN(c2nc(OC[C@@H]3CC(C)(F)CN3C)nc3c2CCN(c2cccc4cccc(C)c24)C3)CCN1C(=O)/C=C/CF.[C-]#[N+]C[C@H]1CN(c2nc(OC[C@@H]3CCCN3C)nc3c2CCN(c2cccc4ccccc24)C3)CCN1C(=O)C(=C)F. The number of alkyl halides is 2. The van der Waals surface area contributed by atoms with Crippen molar-refractivity contribution in [3.63, 3.8) is 0 Å². The number of carbonyl (C=O) groups is 3. The lowest BCUT2D eigenvalue weighted by Gasteiger charge is -2.42. The van der Waals surface area contributed by atoms with Gasteiger partial charge in [-0.3, -0.25) is 19.3 Å². The summed E-state index contributed by atoms with van der Waals surface area (Å²) in [7, 11) is 4.02. The fourth-order valence-electron chi connectivity index (χ4n) is 20.6. The van der Waals surface area contributed by atoms with Crippen LogP contribution in [0.25, 0.3) is 42.0 Å². The number of ether oxygens (including phenoxy) is 3. The predicted molar refractivity (Wildman–Crippen MR) is 557 cm³/mol. The molecule has 6 atom stereocenters. The Kier molecular flexibility index (Phi) is 38.1. The van der Waals surface area contributed by atoms with Crippen LogP contribution < -0.4 is 43.6 Å². The van der Waals surface area contributed by atoms with E-state index >= 15 is 0 Å². The first-order valence-electron chi connectivity index (χ1n) is 45.5. The number of likely N-dealkylation sites (N-methyl/N-ethyl adjacent to an activating group) is 2. The molecule has 9 aliphatic rings. The number of hydrogen-bond donors (Lipinski definition) is 0. The van der Waals surface area contributed by atoms with E-state index in [0.29, 0.717) is 122 Å². The number of aryl methyl sites for hydroxylation is 2. The third-order valence-electron chi connectivity index (χ3n) is 27.2. The van der Waals surface area contributed by atoms with Crippen molar-refractivity contribution >= 4 is 152 Å². The highest BCUT2D eigenvalue weighted by Gasteiger charge is 2.43. The number of benzene rings is 6. The van der Waals surface area contributed by atoms with E-state index in [1.807, 2.05) is 11.9 Å². The van der Waals surface area contributed by atoms with Gasteiger partial charge >= 0.3 is 18.0 Å². The Labute approximate surface area is 831 Å². The molecule has 3 aromatic heterocycles. The first-order chi connectivity index (χ1) is 63.0. The van der Waals surface area contributed by atoms with Gasteiger partial charge in [-0.2, -0.15) is 103 Å². The molecule has 136 heavy (non-hydrogen) atoms. The minimum absolute atomic E-state index is 0. The standard InChI is InChI=1S/C35H41F2N7O2.C33H37FN6O2.C32H36FN7O2.CH4.5H2S/c1-24-8-5-9-25-10-6-11-30(32(24)25)42-15-13-28-29(21-42)39-34(46-22-26-18-35(2,37)23-41(26)4)40-33(28)43-16-17-44(27(20-43)19-38-3)31(45)12-7-14-36;1-22-7-5-10-25-11-6-12-29(30(22)25)38-16-14-27-28(20-38)36-33(42-21-24-8-3-4-9-24)37-31(27)39-17-18-40(32(41)23(2)34)26(19-39)13-15-35;1-22(33)31(41)40-17-16-39(19-25(40)18-34-2)30-27-13-15-38(29-12-6-9-23-8-4-5-11-26(23)29)20-28(27)35-32(36-30)42-21-24-10-7-14-37(24)3;;;;;;/h5-12,26-27H,13-23H2,1-2,4H3;5-7,10-12,24,26H,2-4,8-9,13-14,16-21H2,1H3;4-6,8-9,11-12,24-25H,1,7,10,13-21H2,3H3;1H4;5*1H2/b12-7+;;;;;;;;/t26-,27-,35?;26-;24-,25-;;;;;;/m000....../s1. The van der Waals surface area contributed by atoms with Crippen molar-refractivity contribution in [1.82, 2.24) is 54.4 Å². The predicted octanol–water partition coefficient (Wildman–Crippen LogP) is 15.5. The number of aromatic nitrogens is 6. The zero-order chi connectivity index (χ0) is 90.9. The molecule has 0 N–H and O–H groups in total. The summed E-state index contributed by atoms with van der Waals surface area (Å²) in [5.41, 5.74) is 10.6. The Bertz CT molecular complexity index is 5890. The number of nitriles is 1.